The molecular weight excluding hydrogens is 306 g/mol. The molecule has 3 rings (SSSR count). The summed E-state index contributed by atoms with van der Waals surface area (Å²) < 4.78 is 10.8. The van der Waals surface area contributed by atoms with E-state index in [9.17, 15) is 9.90 Å². The van der Waals surface area contributed by atoms with Gasteiger partial charge in [0, 0.05) is 18.0 Å². The number of nitrogens with zero attached hydrogens (tertiary/aromatic N) is 1. The second kappa shape index (κ2) is 7.01. The Morgan fingerprint density at radius 3 is 2.88 bits per heavy atom. The van der Waals surface area contributed by atoms with Gasteiger partial charge in [0.15, 0.2) is 0 Å². The molecule has 5 heteroatoms. The second-order valence-electron chi connectivity index (χ2n) is 6.78. The zero-order chi connectivity index (χ0) is 17.2. The first-order chi connectivity index (χ1) is 11.6. The maximum atomic E-state index is 12.4. The molecule has 2 aliphatic rings. The number of methoxy groups -OCH3 is 1. The summed E-state index contributed by atoms with van der Waals surface area (Å²) in [5.41, 5.74) is 0.266. The van der Waals surface area contributed by atoms with E-state index in [2.05, 4.69) is 0 Å². The van der Waals surface area contributed by atoms with Crippen molar-refractivity contribution in [3.63, 3.8) is 0 Å². The molecule has 132 valence electrons. The highest BCUT2D eigenvalue weighted by atomic mass is 16.5. The summed E-state index contributed by atoms with van der Waals surface area (Å²) in [5, 5.41) is 11.2. The summed E-state index contributed by atoms with van der Waals surface area (Å²) in [6.45, 7) is 3.02. The Bertz CT molecular complexity index is 590. The number of ether oxygens (including phenoxy) is 2. The standard InChI is InChI=1S/C19H27NO4/c1-3-24-16-10-5-4-8-14(16)17-15-9-6-7-11-19(15,22)12-13-20(17)18(21)23-2/h4-5,8,10,15,17,22H,3,6-7,9,11-13H2,1-2H3/t15-,17+,19+/m1/s1. The van der Waals surface area contributed by atoms with Crippen LogP contribution in [0.3, 0.4) is 0 Å². The topological polar surface area (TPSA) is 59.0 Å². The van der Waals surface area contributed by atoms with Gasteiger partial charge >= 0.3 is 6.09 Å². The molecule has 1 N–H and O–H groups in total. The van der Waals surface area contributed by atoms with Gasteiger partial charge in [-0.25, -0.2) is 4.79 Å². The van der Waals surface area contributed by atoms with Gasteiger partial charge in [0.05, 0.1) is 25.4 Å². The number of likely N-dealkylation sites (tertiary alicyclic amines) is 1. The fraction of sp³-hybridized carbons (Fsp3) is 0.632. The summed E-state index contributed by atoms with van der Waals surface area (Å²) in [4.78, 5) is 14.1. The molecule has 1 aliphatic heterocycles. The molecule has 0 spiro atoms. The van der Waals surface area contributed by atoms with Gasteiger partial charge in [-0.2, -0.15) is 0 Å². The lowest BCUT2D eigenvalue weighted by atomic mass is 9.66. The highest BCUT2D eigenvalue weighted by molar-refractivity contribution is 5.69. The van der Waals surface area contributed by atoms with E-state index in [4.69, 9.17) is 9.47 Å². The van der Waals surface area contributed by atoms with Crippen molar-refractivity contribution in [3.05, 3.63) is 29.8 Å². The summed E-state index contributed by atoms with van der Waals surface area (Å²) in [6.07, 6.45) is 4.12. The van der Waals surface area contributed by atoms with E-state index in [1.165, 1.54) is 7.11 Å². The Labute approximate surface area is 143 Å². The van der Waals surface area contributed by atoms with Crippen LogP contribution in [0.5, 0.6) is 5.75 Å². The van der Waals surface area contributed by atoms with Crippen LogP contribution in [0.15, 0.2) is 24.3 Å². The molecule has 1 aliphatic carbocycles. The summed E-state index contributed by atoms with van der Waals surface area (Å²) in [6, 6.07) is 7.63. The normalized spacial score (nSPS) is 29.7. The highest BCUT2D eigenvalue weighted by Crippen LogP contribution is 2.50. The minimum atomic E-state index is -0.702. The zero-order valence-electron chi connectivity index (χ0n) is 14.5. The maximum absolute atomic E-state index is 12.4. The number of piperidine rings is 1. The van der Waals surface area contributed by atoms with E-state index in [-0.39, 0.29) is 18.1 Å². The number of rotatable bonds is 3. The summed E-state index contributed by atoms with van der Waals surface area (Å²) >= 11 is 0. The number of para-hydroxylation sites is 1. The van der Waals surface area contributed by atoms with E-state index < -0.39 is 5.60 Å². The summed E-state index contributed by atoms with van der Waals surface area (Å²) in [5.74, 6) is 0.800. The van der Waals surface area contributed by atoms with Crippen LogP contribution in [-0.4, -0.2) is 42.0 Å². The van der Waals surface area contributed by atoms with Crippen LogP contribution in [0.25, 0.3) is 0 Å². The molecule has 1 aromatic carbocycles. The number of benzene rings is 1. The molecule has 2 fully saturated rings. The van der Waals surface area contributed by atoms with Gasteiger partial charge in [-0.1, -0.05) is 31.0 Å². The summed E-state index contributed by atoms with van der Waals surface area (Å²) in [7, 11) is 1.41. The largest absolute Gasteiger partial charge is 0.494 e. The number of hydrogen-bond acceptors (Lipinski definition) is 4. The molecule has 0 radical (unpaired) electrons. The first-order valence-corrected chi connectivity index (χ1v) is 8.89. The first kappa shape index (κ1) is 17.1. The minimum Gasteiger partial charge on any atom is -0.494 e. The molecule has 24 heavy (non-hydrogen) atoms. The zero-order valence-corrected chi connectivity index (χ0v) is 14.5. The Balaban J connectivity index is 2.05. The lowest BCUT2D eigenvalue weighted by Crippen LogP contribution is -2.56. The van der Waals surface area contributed by atoms with Crippen LogP contribution >= 0.6 is 0 Å². The molecule has 1 saturated carbocycles. The van der Waals surface area contributed by atoms with Crippen LogP contribution in [0.4, 0.5) is 4.79 Å². The van der Waals surface area contributed by atoms with Gasteiger partial charge in [0.25, 0.3) is 0 Å². The third kappa shape index (κ3) is 2.97. The fourth-order valence-electron chi connectivity index (χ4n) is 4.40. The van der Waals surface area contributed by atoms with E-state index in [1.807, 2.05) is 31.2 Å². The maximum Gasteiger partial charge on any atom is 0.410 e. The SMILES string of the molecule is CCOc1ccccc1[C@H]1[C@H]2CCCC[C@]2(O)CCN1C(=O)OC. The van der Waals surface area contributed by atoms with Gasteiger partial charge in [-0.15, -0.1) is 0 Å². The average Bonchev–Trinajstić information content (AvgIpc) is 2.60. The van der Waals surface area contributed by atoms with Crippen LogP contribution in [0.2, 0.25) is 0 Å². The van der Waals surface area contributed by atoms with Gasteiger partial charge in [0.2, 0.25) is 0 Å². The number of aliphatic hydroxyl groups is 1. The second-order valence-corrected chi connectivity index (χ2v) is 6.78. The van der Waals surface area contributed by atoms with E-state index in [0.717, 1.165) is 37.0 Å². The first-order valence-electron chi connectivity index (χ1n) is 8.89. The van der Waals surface area contributed by atoms with Crippen LogP contribution in [-0.2, 0) is 4.74 Å². The van der Waals surface area contributed by atoms with Gasteiger partial charge in [-0.05, 0) is 32.3 Å². The minimum absolute atomic E-state index is 0.0145. The Kier molecular flexibility index (Phi) is 4.99. The Morgan fingerprint density at radius 1 is 1.33 bits per heavy atom. The van der Waals surface area contributed by atoms with E-state index in [0.29, 0.717) is 19.6 Å². The molecule has 1 aromatic rings. The van der Waals surface area contributed by atoms with Gasteiger partial charge in [-0.3, -0.25) is 0 Å². The van der Waals surface area contributed by atoms with Gasteiger partial charge < -0.3 is 19.5 Å². The number of carbonyl (C=O) groups is 1. The smallest absolute Gasteiger partial charge is 0.410 e. The van der Waals surface area contributed by atoms with Crippen molar-refractivity contribution < 1.29 is 19.4 Å². The Hall–Kier alpha value is -1.75. The van der Waals surface area contributed by atoms with E-state index in [1.54, 1.807) is 4.90 Å². The fourth-order valence-corrected chi connectivity index (χ4v) is 4.40. The van der Waals surface area contributed by atoms with Crippen molar-refractivity contribution in [2.75, 3.05) is 20.3 Å². The third-order valence-corrected chi connectivity index (χ3v) is 5.51. The van der Waals surface area contributed by atoms with Crippen molar-refractivity contribution in [3.8, 4) is 5.75 Å². The van der Waals surface area contributed by atoms with Crippen molar-refractivity contribution in [1.29, 1.82) is 0 Å². The van der Waals surface area contributed by atoms with Crippen molar-refractivity contribution in [2.24, 2.45) is 5.92 Å². The molecule has 0 aromatic heterocycles. The molecule has 3 atom stereocenters. The molecular formula is C19H27NO4. The predicted molar refractivity (Wildman–Crippen MR) is 91.0 cm³/mol. The van der Waals surface area contributed by atoms with Crippen molar-refractivity contribution in [1.82, 2.24) is 4.90 Å². The number of amides is 1. The highest BCUT2D eigenvalue weighted by Gasteiger charge is 2.51. The molecule has 0 bridgehead atoms. The molecule has 0 unspecified atom stereocenters. The van der Waals surface area contributed by atoms with Gasteiger partial charge in [0.1, 0.15) is 5.75 Å². The molecule has 5 nitrogen and oxygen atoms in total. The number of carbonyl (C=O) groups excluding carboxylic acids is 1. The van der Waals surface area contributed by atoms with Crippen molar-refractivity contribution in [2.45, 2.75) is 50.7 Å². The van der Waals surface area contributed by atoms with Crippen LogP contribution < -0.4 is 4.74 Å². The monoisotopic (exact) mass is 333 g/mol. The third-order valence-electron chi connectivity index (χ3n) is 5.51. The quantitative estimate of drug-likeness (QED) is 0.919. The van der Waals surface area contributed by atoms with E-state index >= 15 is 0 Å². The number of hydrogen-bond donors (Lipinski definition) is 1. The van der Waals surface area contributed by atoms with Crippen LogP contribution in [0, 0.1) is 5.92 Å². The Morgan fingerprint density at radius 2 is 2.12 bits per heavy atom. The van der Waals surface area contributed by atoms with Crippen LogP contribution in [0.1, 0.15) is 50.6 Å². The average molecular weight is 333 g/mol. The lowest BCUT2D eigenvalue weighted by molar-refractivity contribution is -0.118. The molecule has 1 heterocycles. The lowest BCUT2D eigenvalue weighted by Gasteiger charge is -2.52. The number of fused-ring (bicyclic) bond motifs is 1. The molecule has 1 amide bonds. The molecule has 1 saturated heterocycles. The van der Waals surface area contributed by atoms with Crippen molar-refractivity contribution >= 4 is 6.09 Å². The predicted octanol–water partition coefficient (Wildman–Crippen LogP) is 3.52.